The number of benzene rings is 1. The zero-order valence-electron chi connectivity index (χ0n) is 8.98. The Hall–Kier alpha value is -2.32. The van der Waals surface area contributed by atoms with Gasteiger partial charge in [0.15, 0.2) is 5.41 Å². The first-order valence-corrected chi connectivity index (χ1v) is 4.88. The molecule has 0 heterocycles. The Kier molecular flexibility index (Phi) is 3.64. The van der Waals surface area contributed by atoms with Crippen LogP contribution in [0.3, 0.4) is 0 Å². The van der Waals surface area contributed by atoms with Gasteiger partial charge in [-0.25, -0.2) is 0 Å². The van der Waals surface area contributed by atoms with Gasteiger partial charge in [0.05, 0.1) is 12.1 Å². The highest BCUT2D eigenvalue weighted by Crippen LogP contribution is 2.36. The lowest BCUT2D eigenvalue weighted by Crippen LogP contribution is -2.16. The van der Waals surface area contributed by atoms with Gasteiger partial charge in [-0.05, 0) is 11.1 Å². The van der Waals surface area contributed by atoms with Crippen LogP contribution in [0, 0.1) is 28.1 Å². The van der Waals surface area contributed by atoms with E-state index in [0.29, 0.717) is 5.57 Å². The quantitative estimate of drug-likeness (QED) is 0.712. The van der Waals surface area contributed by atoms with Crippen LogP contribution in [0.25, 0.3) is 5.57 Å². The van der Waals surface area contributed by atoms with E-state index in [1.165, 1.54) is 0 Å². The van der Waals surface area contributed by atoms with E-state index in [-0.39, 0.29) is 6.42 Å². The van der Waals surface area contributed by atoms with Crippen molar-refractivity contribution >= 4 is 5.57 Å². The molecule has 0 atom stereocenters. The van der Waals surface area contributed by atoms with Crippen molar-refractivity contribution in [2.75, 3.05) is 0 Å². The summed E-state index contributed by atoms with van der Waals surface area (Å²) in [5.41, 5.74) is 0.133. The van der Waals surface area contributed by atoms with E-state index < -0.39 is 5.41 Å². The SMILES string of the molecule is C=CCC(C#N)(C#N)C(=C)c1ccccc1. The third kappa shape index (κ3) is 2.02. The molecule has 0 bridgehead atoms. The molecule has 78 valence electrons. The average Bonchev–Trinajstić information content (AvgIpc) is 2.36. The number of nitrogens with zero attached hydrogens (tertiary/aromatic N) is 2. The molecule has 1 aromatic carbocycles. The molecule has 0 fully saturated rings. The molecule has 0 radical (unpaired) electrons. The Morgan fingerprint density at radius 3 is 2.25 bits per heavy atom. The highest BCUT2D eigenvalue weighted by molar-refractivity contribution is 5.74. The van der Waals surface area contributed by atoms with Gasteiger partial charge in [0, 0.05) is 6.42 Å². The first kappa shape index (κ1) is 11.8. The van der Waals surface area contributed by atoms with Gasteiger partial charge in [0.2, 0.25) is 0 Å². The molecule has 1 aromatic rings. The summed E-state index contributed by atoms with van der Waals surface area (Å²) in [6, 6.07) is 13.3. The van der Waals surface area contributed by atoms with Crippen LogP contribution in [0.15, 0.2) is 49.6 Å². The van der Waals surface area contributed by atoms with Crippen LogP contribution >= 0.6 is 0 Å². The Morgan fingerprint density at radius 1 is 1.25 bits per heavy atom. The molecule has 0 aliphatic carbocycles. The van der Waals surface area contributed by atoms with Crippen molar-refractivity contribution in [3.05, 3.63) is 55.1 Å². The minimum absolute atomic E-state index is 0.285. The summed E-state index contributed by atoms with van der Waals surface area (Å²) >= 11 is 0. The fourth-order valence-corrected chi connectivity index (χ4v) is 1.48. The highest BCUT2D eigenvalue weighted by atomic mass is 14.4. The Labute approximate surface area is 95.8 Å². The lowest BCUT2D eigenvalue weighted by molar-refractivity contribution is 0.699. The number of rotatable bonds is 4. The van der Waals surface area contributed by atoms with Crippen molar-refractivity contribution in [2.24, 2.45) is 5.41 Å². The normalized spacial score (nSPS) is 9.88. The third-order valence-corrected chi connectivity index (χ3v) is 2.47. The van der Waals surface area contributed by atoms with Crippen LogP contribution in [0.4, 0.5) is 0 Å². The average molecular weight is 208 g/mol. The van der Waals surface area contributed by atoms with Gasteiger partial charge < -0.3 is 0 Å². The highest BCUT2D eigenvalue weighted by Gasteiger charge is 2.32. The zero-order chi connectivity index (χ0) is 12.0. The van der Waals surface area contributed by atoms with Crippen LogP contribution < -0.4 is 0 Å². The fraction of sp³-hybridized carbons (Fsp3) is 0.143. The Balaban J connectivity index is 3.18. The van der Waals surface area contributed by atoms with Crippen LogP contribution in [-0.4, -0.2) is 0 Å². The van der Waals surface area contributed by atoms with Crippen LogP contribution in [0.5, 0.6) is 0 Å². The monoisotopic (exact) mass is 208 g/mol. The van der Waals surface area contributed by atoms with Gasteiger partial charge in [0.25, 0.3) is 0 Å². The molecule has 0 amide bonds. The smallest absolute Gasteiger partial charge is 0.172 e. The van der Waals surface area contributed by atoms with Crippen molar-refractivity contribution in [1.82, 2.24) is 0 Å². The molecule has 0 saturated carbocycles. The number of hydrogen-bond acceptors (Lipinski definition) is 2. The summed E-state index contributed by atoms with van der Waals surface area (Å²) < 4.78 is 0. The minimum atomic E-state index is -1.21. The standard InChI is InChI=1S/C14H12N2/c1-3-9-14(10-15,11-16)12(2)13-7-5-4-6-8-13/h3-8H,1-2,9H2. The summed E-state index contributed by atoms with van der Waals surface area (Å²) in [6.45, 7) is 7.44. The van der Waals surface area contributed by atoms with Crippen LogP contribution in [0.1, 0.15) is 12.0 Å². The van der Waals surface area contributed by atoms with Crippen LogP contribution in [-0.2, 0) is 0 Å². The molecule has 2 nitrogen and oxygen atoms in total. The Bertz CT molecular complexity index is 458. The molecule has 0 unspecified atom stereocenters. The first-order chi connectivity index (χ1) is 7.70. The van der Waals surface area contributed by atoms with Gasteiger partial charge in [-0.15, -0.1) is 6.58 Å². The lowest BCUT2D eigenvalue weighted by atomic mass is 9.77. The predicted molar refractivity (Wildman–Crippen MR) is 63.9 cm³/mol. The van der Waals surface area contributed by atoms with E-state index in [4.69, 9.17) is 10.5 Å². The molecule has 0 N–H and O–H groups in total. The second-order valence-electron chi connectivity index (χ2n) is 3.47. The summed E-state index contributed by atoms with van der Waals surface area (Å²) in [5.74, 6) is 0. The van der Waals surface area contributed by atoms with E-state index in [0.717, 1.165) is 5.56 Å². The van der Waals surface area contributed by atoms with Crippen molar-refractivity contribution < 1.29 is 0 Å². The van der Waals surface area contributed by atoms with E-state index >= 15 is 0 Å². The topological polar surface area (TPSA) is 47.6 Å². The molecular weight excluding hydrogens is 196 g/mol. The maximum absolute atomic E-state index is 9.16. The molecule has 0 saturated heterocycles. The van der Waals surface area contributed by atoms with Crippen molar-refractivity contribution in [2.45, 2.75) is 6.42 Å². The second kappa shape index (κ2) is 4.96. The van der Waals surface area contributed by atoms with E-state index in [1.54, 1.807) is 6.08 Å². The Morgan fingerprint density at radius 2 is 1.81 bits per heavy atom. The third-order valence-electron chi connectivity index (χ3n) is 2.47. The maximum Gasteiger partial charge on any atom is 0.172 e. The predicted octanol–water partition coefficient (Wildman–Crippen LogP) is 3.31. The van der Waals surface area contributed by atoms with Gasteiger partial charge in [0.1, 0.15) is 0 Å². The second-order valence-corrected chi connectivity index (χ2v) is 3.47. The number of hydrogen-bond donors (Lipinski definition) is 0. The molecule has 0 aliphatic heterocycles. The van der Waals surface area contributed by atoms with Crippen molar-refractivity contribution in [3.63, 3.8) is 0 Å². The van der Waals surface area contributed by atoms with Gasteiger partial charge in [-0.2, -0.15) is 10.5 Å². The minimum Gasteiger partial charge on any atom is -0.196 e. The first-order valence-electron chi connectivity index (χ1n) is 4.88. The molecule has 16 heavy (non-hydrogen) atoms. The molecule has 0 spiro atoms. The van der Waals surface area contributed by atoms with E-state index in [2.05, 4.69) is 13.2 Å². The summed E-state index contributed by atoms with van der Waals surface area (Å²) in [5, 5.41) is 18.3. The van der Waals surface area contributed by atoms with Crippen molar-refractivity contribution in [1.29, 1.82) is 10.5 Å². The van der Waals surface area contributed by atoms with Crippen LogP contribution in [0.2, 0.25) is 0 Å². The maximum atomic E-state index is 9.16. The zero-order valence-corrected chi connectivity index (χ0v) is 8.98. The van der Waals surface area contributed by atoms with Gasteiger partial charge >= 0.3 is 0 Å². The van der Waals surface area contributed by atoms with E-state index in [1.807, 2.05) is 42.5 Å². The summed E-state index contributed by atoms with van der Waals surface area (Å²) in [6.07, 6.45) is 1.86. The van der Waals surface area contributed by atoms with Gasteiger partial charge in [-0.1, -0.05) is 43.0 Å². The molecule has 0 aliphatic rings. The van der Waals surface area contributed by atoms with Crippen molar-refractivity contribution in [3.8, 4) is 12.1 Å². The lowest BCUT2D eigenvalue weighted by Gasteiger charge is -2.19. The fourth-order valence-electron chi connectivity index (χ4n) is 1.48. The number of allylic oxidation sites excluding steroid dienone is 2. The van der Waals surface area contributed by atoms with E-state index in [9.17, 15) is 0 Å². The largest absolute Gasteiger partial charge is 0.196 e. The molecular formula is C14H12N2. The molecule has 0 aromatic heterocycles. The molecule has 2 heteroatoms. The number of nitriles is 2. The van der Waals surface area contributed by atoms with Gasteiger partial charge in [-0.3, -0.25) is 0 Å². The summed E-state index contributed by atoms with van der Waals surface area (Å²) in [7, 11) is 0. The molecule has 1 rings (SSSR count). The summed E-state index contributed by atoms with van der Waals surface area (Å²) in [4.78, 5) is 0.